The van der Waals surface area contributed by atoms with Crippen LogP contribution in [-0.4, -0.2) is 32.9 Å². The zero-order valence-corrected chi connectivity index (χ0v) is 14.6. The van der Waals surface area contributed by atoms with Gasteiger partial charge in [-0.1, -0.05) is 31.5 Å². The highest BCUT2D eigenvalue weighted by molar-refractivity contribution is 7.89. The highest BCUT2D eigenvalue weighted by atomic mass is 35.5. The number of halogens is 2. The van der Waals surface area contributed by atoms with Crippen LogP contribution >= 0.6 is 24.0 Å². The number of nitrogens with zero attached hydrogens (tertiary/aromatic N) is 1. The Kier molecular flexibility index (Phi) is 6.97. The summed E-state index contributed by atoms with van der Waals surface area (Å²) in [6, 6.07) is 4.97. The van der Waals surface area contributed by atoms with Crippen LogP contribution < -0.4 is 5.73 Å². The molecule has 0 radical (unpaired) electrons. The molecule has 1 aromatic carbocycles. The fourth-order valence-corrected chi connectivity index (χ4v) is 3.64. The Morgan fingerprint density at radius 1 is 1.35 bits per heavy atom. The molecule has 1 rings (SSSR count). The first-order chi connectivity index (χ1) is 8.60. The predicted molar refractivity (Wildman–Crippen MR) is 86.1 cm³/mol. The first-order valence-electron chi connectivity index (χ1n) is 6.03. The van der Waals surface area contributed by atoms with E-state index in [0.717, 1.165) is 5.56 Å². The van der Waals surface area contributed by atoms with Crippen LogP contribution in [0.5, 0.6) is 0 Å². The lowest BCUT2D eigenvalue weighted by molar-refractivity contribution is 0.292. The van der Waals surface area contributed by atoms with E-state index in [4.69, 9.17) is 17.3 Å². The Morgan fingerprint density at radius 3 is 2.40 bits per heavy atom. The molecule has 0 aliphatic carbocycles. The standard InChI is InChI=1S/C13H21ClN2O2S.ClH/c1-10-5-6-11(14)12(7-10)19(17,18)16(4)9-13(2,3)8-15;/h5-7H,8-9,15H2,1-4H3;1H. The smallest absolute Gasteiger partial charge is 0.244 e. The molecule has 0 unspecified atom stereocenters. The molecule has 0 bridgehead atoms. The zero-order chi connectivity index (χ0) is 14.8. The van der Waals surface area contributed by atoms with Crippen LogP contribution in [0.3, 0.4) is 0 Å². The maximum Gasteiger partial charge on any atom is 0.244 e. The van der Waals surface area contributed by atoms with E-state index >= 15 is 0 Å². The van der Waals surface area contributed by atoms with Gasteiger partial charge in [0.25, 0.3) is 0 Å². The Labute approximate surface area is 132 Å². The van der Waals surface area contributed by atoms with E-state index in [0.29, 0.717) is 13.1 Å². The second kappa shape index (κ2) is 7.09. The van der Waals surface area contributed by atoms with Gasteiger partial charge in [0.2, 0.25) is 10.0 Å². The molecule has 0 saturated heterocycles. The van der Waals surface area contributed by atoms with Crippen LogP contribution in [0.4, 0.5) is 0 Å². The quantitative estimate of drug-likeness (QED) is 0.896. The minimum absolute atomic E-state index is 0. The largest absolute Gasteiger partial charge is 0.330 e. The minimum atomic E-state index is -3.59. The Hall–Kier alpha value is -0.330. The van der Waals surface area contributed by atoms with Crippen molar-refractivity contribution in [2.24, 2.45) is 11.1 Å². The molecule has 2 N–H and O–H groups in total. The molecule has 0 spiro atoms. The molecule has 116 valence electrons. The fraction of sp³-hybridized carbons (Fsp3) is 0.538. The lowest BCUT2D eigenvalue weighted by Gasteiger charge is -2.28. The van der Waals surface area contributed by atoms with Crippen LogP contribution in [-0.2, 0) is 10.0 Å². The number of sulfonamides is 1. The summed E-state index contributed by atoms with van der Waals surface area (Å²) in [5.41, 5.74) is 6.22. The lowest BCUT2D eigenvalue weighted by Crippen LogP contribution is -2.39. The molecule has 0 saturated carbocycles. The molecular formula is C13H22Cl2N2O2S. The summed E-state index contributed by atoms with van der Waals surface area (Å²) in [7, 11) is -2.04. The Balaban J connectivity index is 0.00000361. The number of nitrogens with two attached hydrogens (primary N) is 1. The number of aryl methyl sites for hydroxylation is 1. The van der Waals surface area contributed by atoms with Crippen LogP contribution in [0, 0.1) is 12.3 Å². The second-order valence-corrected chi connectivity index (χ2v) is 7.98. The highest BCUT2D eigenvalue weighted by Gasteiger charge is 2.28. The van der Waals surface area contributed by atoms with E-state index in [1.165, 1.54) is 4.31 Å². The van der Waals surface area contributed by atoms with Crippen LogP contribution in [0.1, 0.15) is 19.4 Å². The number of hydrogen-bond acceptors (Lipinski definition) is 3. The van der Waals surface area contributed by atoms with E-state index < -0.39 is 10.0 Å². The van der Waals surface area contributed by atoms with Gasteiger partial charge in [-0.3, -0.25) is 0 Å². The predicted octanol–water partition coefficient (Wildman–Crippen LogP) is 2.68. The average Bonchev–Trinajstić information content (AvgIpc) is 2.31. The lowest BCUT2D eigenvalue weighted by atomic mass is 9.94. The van der Waals surface area contributed by atoms with Gasteiger partial charge < -0.3 is 5.73 Å². The van der Waals surface area contributed by atoms with Crippen molar-refractivity contribution in [2.75, 3.05) is 20.1 Å². The van der Waals surface area contributed by atoms with Crippen molar-refractivity contribution in [2.45, 2.75) is 25.7 Å². The van der Waals surface area contributed by atoms with E-state index in [1.54, 1.807) is 25.2 Å². The van der Waals surface area contributed by atoms with Gasteiger partial charge in [0.05, 0.1) is 5.02 Å². The van der Waals surface area contributed by atoms with Gasteiger partial charge in [-0.15, -0.1) is 12.4 Å². The van der Waals surface area contributed by atoms with Crippen molar-refractivity contribution in [3.63, 3.8) is 0 Å². The Bertz CT molecular complexity index is 559. The van der Waals surface area contributed by atoms with Crippen molar-refractivity contribution >= 4 is 34.0 Å². The monoisotopic (exact) mass is 340 g/mol. The van der Waals surface area contributed by atoms with Crippen molar-refractivity contribution in [3.8, 4) is 0 Å². The van der Waals surface area contributed by atoms with Crippen molar-refractivity contribution in [1.82, 2.24) is 4.31 Å². The molecular weight excluding hydrogens is 319 g/mol. The topological polar surface area (TPSA) is 63.4 Å². The van der Waals surface area contributed by atoms with Crippen molar-refractivity contribution in [3.05, 3.63) is 28.8 Å². The van der Waals surface area contributed by atoms with Gasteiger partial charge in [-0.25, -0.2) is 12.7 Å². The summed E-state index contributed by atoms with van der Waals surface area (Å²) in [5.74, 6) is 0. The number of benzene rings is 1. The van der Waals surface area contributed by atoms with Crippen LogP contribution in [0.25, 0.3) is 0 Å². The highest BCUT2D eigenvalue weighted by Crippen LogP contribution is 2.27. The Morgan fingerprint density at radius 2 is 1.90 bits per heavy atom. The van der Waals surface area contributed by atoms with Crippen molar-refractivity contribution in [1.29, 1.82) is 0 Å². The molecule has 0 heterocycles. The summed E-state index contributed by atoms with van der Waals surface area (Å²) in [6.45, 7) is 6.44. The third kappa shape index (κ3) is 4.60. The van der Waals surface area contributed by atoms with E-state index in [2.05, 4.69) is 0 Å². The number of hydrogen-bond donors (Lipinski definition) is 1. The maximum absolute atomic E-state index is 12.5. The van der Waals surface area contributed by atoms with Crippen LogP contribution in [0.15, 0.2) is 23.1 Å². The molecule has 0 aliphatic rings. The maximum atomic E-state index is 12.5. The molecule has 4 nitrogen and oxygen atoms in total. The summed E-state index contributed by atoms with van der Waals surface area (Å²) in [4.78, 5) is 0.143. The summed E-state index contributed by atoms with van der Waals surface area (Å²) >= 11 is 6.00. The fourth-order valence-electron chi connectivity index (χ4n) is 1.73. The van der Waals surface area contributed by atoms with Gasteiger partial charge in [-0.2, -0.15) is 0 Å². The molecule has 0 amide bonds. The van der Waals surface area contributed by atoms with Gasteiger partial charge >= 0.3 is 0 Å². The van der Waals surface area contributed by atoms with Crippen LogP contribution in [0.2, 0.25) is 5.02 Å². The average molecular weight is 341 g/mol. The molecule has 0 aromatic heterocycles. The van der Waals surface area contributed by atoms with Crippen molar-refractivity contribution < 1.29 is 8.42 Å². The molecule has 0 atom stereocenters. The van der Waals surface area contributed by atoms with E-state index in [-0.39, 0.29) is 27.7 Å². The summed E-state index contributed by atoms with van der Waals surface area (Å²) < 4.78 is 26.3. The molecule has 0 fully saturated rings. The van der Waals surface area contributed by atoms with E-state index in [1.807, 2.05) is 20.8 Å². The molecule has 1 aromatic rings. The second-order valence-electron chi connectivity index (χ2n) is 5.56. The summed E-state index contributed by atoms with van der Waals surface area (Å²) in [6.07, 6.45) is 0. The molecule has 0 aliphatic heterocycles. The van der Waals surface area contributed by atoms with E-state index in [9.17, 15) is 8.42 Å². The van der Waals surface area contributed by atoms with Gasteiger partial charge in [0, 0.05) is 13.6 Å². The zero-order valence-electron chi connectivity index (χ0n) is 12.2. The van der Waals surface area contributed by atoms with Gasteiger partial charge in [0.15, 0.2) is 0 Å². The van der Waals surface area contributed by atoms with Gasteiger partial charge in [0.1, 0.15) is 4.90 Å². The first-order valence-corrected chi connectivity index (χ1v) is 7.84. The SMILES string of the molecule is Cc1ccc(Cl)c(S(=O)(=O)N(C)CC(C)(C)CN)c1.Cl. The molecule has 7 heteroatoms. The van der Waals surface area contributed by atoms with Gasteiger partial charge in [-0.05, 0) is 36.6 Å². The third-order valence-corrected chi connectivity index (χ3v) is 5.26. The number of rotatable bonds is 5. The first kappa shape index (κ1) is 19.7. The third-order valence-electron chi connectivity index (χ3n) is 2.98. The minimum Gasteiger partial charge on any atom is -0.330 e. The summed E-state index contributed by atoms with van der Waals surface area (Å²) in [5, 5.41) is 0.239. The molecule has 20 heavy (non-hydrogen) atoms. The normalized spacial score (nSPS) is 12.3.